The predicted octanol–water partition coefficient (Wildman–Crippen LogP) is 5.37. The number of amides is 1. The van der Waals surface area contributed by atoms with Crippen molar-refractivity contribution in [3.63, 3.8) is 0 Å². The first-order valence-corrected chi connectivity index (χ1v) is 9.42. The summed E-state index contributed by atoms with van der Waals surface area (Å²) in [5, 5.41) is 4.93. The lowest BCUT2D eigenvalue weighted by Gasteiger charge is -2.12. The van der Waals surface area contributed by atoms with Crippen molar-refractivity contribution in [2.45, 2.75) is 20.0 Å². The van der Waals surface area contributed by atoms with E-state index < -0.39 is 0 Å². The molecule has 3 aromatic rings. The average molecular weight is 367 g/mol. The Bertz CT molecular complexity index is 846. The highest BCUT2D eigenvalue weighted by atomic mass is 32.1. The van der Waals surface area contributed by atoms with Gasteiger partial charge in [-0.3, -0.25) is 4.79 Å². The van der Waals surface area contributed by atoms with Crippen LogP contribution in [0.15, 0.2) is 66.0 Å². The summed E-state index contributed by atoms with van der Waals surface area (Å²) in [6, 6.07) is 18.6. The van der Waals surface area contributed by atoms with E-state index in [2.05, 4.69) is 5.32 Å². The zero-order chi connectivity index (χ0) is 18.2. The van der Waals surface area contributed by atoms with Gasteiger partial charge in [0.25, 0.3) is 5.91 Å². The quantitative estimate of drug-likeness (QED) is 0.582. The number of para-hydroxylation sites is 2. The van der Waals surface area contributed by atoms with Gasteiger partial charge in [0.15, 0.2) is 0 Å². The van der Waals surface area contributed by atoms with E-state index in [1.54, 1.807) is 23.5 Å². The Balaban J connectivity index is 1.67. The van der Waals surface area contributed by atoms with Crippen LogP contribution in [0.1, 0.15) is 28.6 Å². The van der Waals surface area contributed by atoms with Gasteiger partial charge in [0.2, 0.25) is 0 Å². The van der Waals surface area contributed by atoms with Crippen molar-refractivity contribution >= 4 is 22.9 Å². The van der Waals surface area contributed by atoms with Gasteiger partial charge >= 0.3 is 0 Å². The second-order valence-electron chi connectivity index (χ2n) is 5.69. The van der Waals surface area contributed by atoms with Crippen LogP contribution in [0.25, 0.3) is 0 Å². The van der Waals surface area contributed by atoms with Gasteiger partial charge in [0, 0.05) is 10.4 Å². The molecule has 1 N–H and O–H groups in total. The van der Waals surface area contributed by atoms with Crippen molar-refractivity contribution in [3.05, 3.63) is 76.5 Å². The number of thiophene rings is 1. The standard InChI is InChI=1S/C21H21NO3S/c1-2-12-24-20-11-4-3-10-19(20)22-21(23)16-7-5-8-17(14-16)25-15-18-9-6-13-26-18/h3-11,13-14H,2,12,15H2,1H3,(H,22,23). The summed E-state index contributed by atoms with van der Waals surface area (Å²) in [6.07, 6.45) is 0.909. The van der Waals surface area contributed by atoms with Crippen molar-refractivity contribution in [2.24, 2.45) is 0 Å². The number of carbonyl (C=O) groups excluding carboxylic acids is 1. The Labute approximate surface area is 157 Å². The number of carbonyl (C=O) groups is 1. The van der Waals surface area contributed by atoms with Gasteiger partial charge in [-0.2, -0.15) is 0 Å². The summed E-state index contributed by atoms with van der Waals surface area (Å²) < 4.78 is 11.5. The molecule has 0 aliphatic heterocycles. The fraction of sp³-hybridized carbons (Fsp3) is 0.190. The number of nitrogens with one attached hydrogen (secondary N) is 1. The van der Waals surface area contributed by atoms with Crippen LogP contribution >= 0.6 is 11.3 Å². The minimum Gasteiger partial charge on any atom is -0.491 e. The van der Waals surface area contributed by atoms with Crippen LogP contribution in [-0.2, 0) is 6.61 Å². The van der Waals surface area contributed by atoms with Crippen molar-refractivity contribution in [1.82, 2.24) is 0 Å². The largest absolute Gasteiger partial charge is 0.491 e. The second kappa shape index (κ2) is 9.06. The molecule has 0 unspecified atom stereocenters. The molecule has 26 heavy (non-hydrogen) atoms. The van der Waals surface area contributed by atoms with Crippen LogP contribution < -0.4 is 14.8 Å². The van der Waals surface area contributed by atoms with Crippen LogP contribution in [0.4, 0.5) is 5.69 Å². The molecule has 1 amide bonds. The Hall–Kier alpha value is -2.79. The smallest absolute Gasteiger partial charge is 0.255 e. The minimum atomic E-state index is -0.195. The molecule has 0 saturated heterocycles. The van der Waals surface area contributed by atoms with E-state index in [4.69, 9.17) is 9.47 Å². The van der Waals surface area contributed by atoms with E-state index in [1.165, 1.54) is 0 Å². The molecule has 5 heteroatoms. The number of hydrogen-bond donors (Lipinski definition) is 1. The Morgan fingerprint density at radius 1 is 1.04 bits per heavy atom. The van der Waals surface area contributed by atoms with E-state index in [0.29, 0.717) is 36.0 Å². The zero-order valence-electron chi connectivity index (χ0n) is 14.6. The average Bonchev–Trinajstić information content (AvgIpc) is 3.19. The van der Waals surface area contributed by atoms with Gasteiger partial charge < -0.3 is 14.8 Å². The molecule has 4 nitrogen and oxygen atoms in total. The number of benzene rings is 2. The monoisotopic (exact) mass is 367 g/mol. The zero-order valence-corrected chi connectivity index (χ0v) is 15.4. The summed E-state index contributed by atoms with van der Waals surface area (Å²) >= 11 is 1.64. The first-order chi connectivity index (χ1) is 12.8. The molecule has 134 valence electrons. The summed E-state index contributed by atoms with van der Waals surface area (Å²) in [5.41, 5.74) is 1.20. The van der Waals surface area contributed by atoms with E-state index in [0.717, 1.165) is 11.3 Å². The molecule has 0 atom stereocenters. The van der Waals surface area contributed by atoms with Crippen LogP contribution in [-0.4, -0.2) is 12.5 Å². The third-order valence-corrected chi connectivity index (χ3v) is 4.50. The summed E-state index contributed by atoms with van der Waals surface area (Å²) in [7, 11) is 0. The first kappa shape index (κ1) is 18.0. The fourth-order valence-corrected chi connectivity index (χ4v) is 2.99. The summed E-state index contributed by atoms with van der Waals surface area (Å²) in [6.45, 7) is 3.15. The van der Waals surface area contributed by atoms with Crippen LogP contribution in [0.3, 0.4) is 0 Å². The van der Waals surface area contributed by atoms with Gasteiger partial charge in [-0.25, -0.2) is 0 Å². The Morgan fingerprint density at radius 3 is 2.73 bits per heavy atom. The number of anilines is 1. The molecule has 0 radical (unpaired) electrons. The van der Waals surface area contributed by atoms with E-state index in [-0.39, 0.29) is 5.91 Å². The number of rotatable bonds is 8. The molecular formula is C21H21NO3S. The topological polar surface area (TPSA) is 47.6 Å². The van der Waals surface area contributed by atoms with Gasteiger partial charge in [0.1, 0.15) is 18.1 Å². The number of hydrogen-bond acceptors (Lipinski definition) is 4. The molecule has 0 bridgehead atoms. The van der Waals surface area contributed by atoms with Gasteiger partial charge in [0.05, 0.1) is 12.3 Å². The normalized spacial score (nSPS) is 10.3. The molecule has 1 heterocycles. The third kappa shape index (κ3) is 4.86. The molecule has 0 aliphatic rings. The molecular weight excluding hydrogens is 346 g/mol. The first-order valence-electron chi connectivity index (χ1n) is 8.54. The van der Waals surface area contributed by atoms with Crippen molar-refractivity contribution in [2.75, 3.05) is 11.9 Å². The molecule has 0 spiro atoms. The highest BCUT2D eigenvalue weighted by Gasteiger charge is 2.11. The lowest BCUT2D eigenvalue weighted by atomic mass is 10.2. The number of ether oxygens (including phenoxy) is 2. The highest BCUT2D eigenvalue weighted by molar-refractivity contribution is 7.09. The maximum Gasteiger partial charge on any atom is 0.255 e. The minimum absolute atomic E-state index is 0.195. The molecule has 0 fully saturated rings. The van der Waals surface area contributed by atoms with E-state index in [1.807, 2.05) is 60.8 Å². The van der Waals surface area contributed by atoms with E-state index in [9.17, 15) is 4.79 Å². The van der Waals surface area contributed by atoms with Crippen molar-refractivity contribution in [3.8, 4) is 11.5 Å². The van der Waals surface area contributed by atoms with Gasteiger partial charge in [-0.05, 0) is 48.2 Å². The molecule has 0 aliphatic carbocycles. The summed E-state index contributed by atoms with van der Waals surface area (Å²) in [4.78, 5) is 13.7. The predicted molar refractivity (Wildman–Crippen MR) is 105 cm³/mol. The molecule has 1 aromatic heterocycles. The maximum atomic E-state index is 12.6. The second-order valence-corrected chi connectivity index (χ2v) is 6.73. The van der Waals surface area contributed by atoms with Crippen LogP contribution in [0, 0.1) is 0 Å². The van der Waals surface area contributed by atoms with Gasteiger partial charge in [-0.1, -0.05) is 31.2 Å². The Kier molecular flexibility index (Phi) is 6.28. The lowest BCUT2D eigenvalue weighted by molar-refractivity contribution is 0.102. The summed E-state index contributed by atoms with van der Waals surface area (Å²) in [5.74, 6) is 1.15. The van der Waals surface area contributed by atoms with Crippen molar-refractivity contribution < 1.29 is 14.3 Å². The highest BCUT2D eigenvalue weighted by Crippen LogP contribution is 2.25. The van der Waals surface area contributed by atoms with E-state index >= 15 is 0 Å². The Morgan fingerprint density at radius 2 is 1.92 bits per heavy atom. The maximum absolute atomic E-state index is 12.6. The van der Waals surface area contributed by atoms with Crippen LogP contribution in [0.5, 0.6) is 11.5 Å². The van der Waals surface area contributed by atoms with Gasteiger partial charge in [-0.15, -0.1) is 11.3 Å². The SMILES string of the molecule is CCCOc1ccccc1NC(=O)c1cccc(OCc2cccs2)c1. The van der Waals surface area contributed by atoms with Crippen molar-refractivity contribution in [1.29, 1.82) is 0 Å². The molecule has 0 saturated carbocycles. The molecule has 3 rings (SSSR count). The van der Waals surface area contributed by atoms with Crippen LogP contribution in [0.2, 0.25) is 0 Å². The lowest BCUT2D eigenvalue weighted by Crippen LogP contribution is -2.13. The fourth-order valence-electron chi connectivity index (χ4n) is 2.38. The molecule has 2 aromatic carbocycles. The third-order valence-electron chi connectivity index (χ3n) is 3.65.